The van der Waals surface area contributed by atoms with Crippen LogP contribution in [0.25, 0.3) is 0 Å². The van der Waals surface area contributed by atoms with E-state index in [0.29, 0.717) is 0 Å². The maximum atomic E-state index is 3.50. The van der Waals surface area contributed by atoms with Crippen molar-refractivity contribution < 1.29 is 0 Å². The Morgan fingerprint density at radius 2 is 1.87 bits per heavy atom. The molecule has 0 bridgehead atoms. The maximum absolute atomic E-state index is 3.50. The Morgan fingerprint density at radius 3 is 2.47 bits per heavy atom. The van der Waals surface area contributed by atoms with E-state index in [1.54, 1.807) is 0 Å². The zero-order chi connectivity index (χ0) is 11.3. The molecule has 0 radical (unpaired) electrons. The van der Waals surface area contributed by atoms with E-state index in [9.17, 15) is 0 Å². The van der Waals surface area contributed by atoms with E-state index in [4.69, 9.17) is 0 Å². The Hall–Kier alpha value is -0.980. The van der Waals surface area contributed by atoms with Crippen molar-refractivity contribution in [3.8, 4) is 0 Å². The lowest BCUT2D eigenvalue weighted by Gasteiger charge is -2.21. The maximum Gasteiger partial charge on any atom is 0.0382 e. The lowest BCUT2D eigenvalue weighted by atomic mass is 9.82. The number of nitrogens with one attached hydrogen (secondary N) is 1. The highest BCUT2D eigenvalue weighted by atomic mass is 14.9. The highest BCUT2D eigenvalue weighted by Crippen LogP contribution is 2.38. The van der Waals surface area contributed by atoms with Gasteiger partial charge in [-0.3, -0.25) is 0 Å². The molecule has 82 valence electrons. The molecule has 1 N–H and O–H groups in total. The monoisotopic (exact) mass is 203 g/mol. The summed E-state index contributed by atoms with van der Waals surface area (Å²) in [5.41, 5.74) is 4.71. The van der Waals surface area contributed by atoms with Crippen molar-refractivity contribution in [3.05, 3.63) is 29.3 Å². The van der Waals surface area contributed by atoms with E-state index in [0.717, 1.165) is 6.54 Å². The van der Waals surface area contributed by atoms with Crippen molar-refractivity contribution >= 4 is 5.69 Å². The van der Waals surface area contributed by atoms with Gasteiger partial charge in [0, 0.05) is 17.6 Å². The summed E-state index contributed by atoms with van der Waals surface area (Å²) in [5.74, 6) is 0. The van der Waals surface area contributed by atoms with Gasteiger partial charge >= 0.3 is 0 Å². The van der Waals surface area contributed by atoms with Gasteiger partial charge in [-0.25, -0.2) is 0 Å². The molecule has 0 spiro atoms. The molecule has 1 nitrogen and oxygen atoms in total. The van der Waals surface area contributed by atoms with Gasteiger partial charge in [-0.15, -0.1) is 0 Å². The molecule has 0 aromatic heterocycles. The third-order valence-electron chi connectivity index (χ3n) is 3.34. The van der Waals surface area contributed by atoms with Crippen LogP contribution >= 0.6 is 0 Å². The van der Waals surface area contributed by atoms with E-state index < -0.39 is 0 Å². The van der Waals surface area contributed by atoms with Gasteiger partial charge in [-0.2, -0.15) is 0 Å². The van der Waals surface area contributed by atoms with Crippen molar-refractivity contribution in [2.24, 2.45) is 0 Å². The molecule has 15 heavy (non-hydrogen) atoms. The molecule has 1 aromatic carbocycles. The summed E-state index contributed by atoms with van der Waals surface area (Å²) >= 11 is 0. The third kappa shape index (κ3) is 1.75. The van der Waals surface area contributed by atoms with E-state index in [1.165, 1.54) is 16.8 Å². The molecule has 0 saturated carbocycles. The summed E-state index contributed by atoms with van der Waals surface area (Å²) in [4.78, 5) is 0. The highest BCUT2D eigenvalue weighted by Gasteiger charge is 2.30. The lowest BCUT2D eigenvalue weighted by molar-refractivity contribution is 0.580. The topological polar surface area (TPSA) is 12.0 Å². The summed E-state index contributed by atoms with van der Waals surface area (Å²) in [7, 11) is 0. The normalized spacial score (nSPS) is 18.5. The number of benzene rings is 1. The van der Waals surface area contributed by atoms with Gasteiger partial charge < -0.3 is 5.32 Å². The van der Waals surface area contributed by atoms with Gasteiger partial charge in [0.25, 0.3) is 0 Å². The second kappa shape index (κ2) is 3.01. The Kier molecular flexibility index (Phi) is 2.11. The van der Waals surface area contributed by atoms with Gasteiger partial charge in [0.15, 0.2) is 0 Å². The van der Waals surface area contributed by atoms with Crippen molar-refractivity contribution in [1.29, 1.82) is 0 Å². The van der Waals surface area contributed by atoms with Crippen molar-refractivity contribution in [3.63, 3.8) is 0 Å². The standard InChI is InChI=1S/C14H21N/c1-13(2,3)10-6-7-11-12(8-10)15-9-14(11,4)5/h6-8,15H,9H2,1-5H3. The number of hydrogen-bond donors (Lipinski definition) is 1. The molecule has 0 fully saturated rings. The van der Waals surface area contributed by atoms with Crippen LogP contribution in [0.5, 0.6) is 0 Å². The minimum atomic E-state index is 0.240. The van der Waals surface area contributed by atoms with Gasteiger partial charge in [-0.1, -0.05) is 46.8 Å². The summed E-state index contributed by atoms with van der Waals surface area (Å²) in [6, 6.07) is 6.87. The minimum absolute atomic E-state index is 0.240. The molecule has 0 saturated heterocycles. The van der Waals surface area contributed by atoms with E-state index in [1.807, 2.05) is 0 Å². The summed E-state index contributed by atoms with van der Waals surface area (Å²) in [6.45, 7) is 12.4. The number of anilines is 1. The predicted molar refractivity (Wildman–Crippen MR) is 66.7 cm³/mol. The number of rotatable bonds is 0. The molecule has 2 rings (SSSR count). The second-order valence-electron chi connectivity index (χ2n) is 6.25. The van der Waals surface area contributed by atoms with Crippen molar-refractivity contribution in [2.75, 3.05) is 11.9 Å². The first-order valence-corrected chi connectivity index (χ1v) is 5.70. The van der Waals surface area contributed by atoms with Gasteiger partial charge in [0.1, 0.15) is 0 Å². The fourth-order valence-electron chi connectivity index (χ4n) is 2.16. The van der Waals surface area contributed by atoms with E-state index in [-0.39, 0.29) is 10.8 Å². The Morgan fingerprint density at radius 1 is 1.20 bits per heavy atom. The predicted octanol–water partition coefficient (Wildman–Crippen LogP) is 3.69. The third-order valence-corrected chi connectivity index (χ3v) is 3.34. The summed E-state index contributed by atoms with van der Waals surface area (Å²) in [6.07, 6.45) is 0. The van der Waals surface area contributed by atoms with Gasteiger partial charge in [0.05, 0.1) is 0 Å². The van der Waals surface area contributed by atoms with Gasteiger partial charge in [-0.05, 0) is 22.6 Å². The average molecular weight is 203 g/mol. The molecular formula is C14H21N. The van der Waals surface area contributed by atoms with Crippen LogP contribution in [0.1, 0.15) is 45.7 Å². The van der Waals surface area contributed by atoms with E-state index in [2.05, 4.69) is 58.1 Å². The molecule has 1 aliphatic rings. The van der Waals surface area contributed by atoms with Crippen molar-refractivity contribution in [2.45, 2.75) is 45.4 Å². The van der Waals surface area contributed by atoms with Crippen LogP contribution in [0.15, 0.2) is 18.2 Å². The fraction of sp³-hybridized carbons (Fsp3) is 0.571. The first kappa shape index (κ1) is 10.5. The molecule has 1 heteroatoms. The van der Waals surface area contributed by atoms with Crippen LogP contribution < -0.4 is 5.32 Å². The van der Waals surface area contributed by atoms with Crippen molar-refractivity contribution in [1.82, 2.24) is 0 Å². The zero-order valence-electron chi connectivity index (χ0n) is 10.4. The van der Waals surface area contributed by atoms with Crippen LogP contribution in [0.2, 0.25) is 0 Å². The SMILES string of the molecule is CC(C)(C)c1ccc2c(c1)NCC2(C)C. The quantitative estimate of drug-likeness (QED) is 0.678. The first-order chi connectivity index (χ1) is 6.81. The smallest absolute Gasteiger partial charge is 0.0382 e. The Balaban J connectivity index is 2.47. The van der Waals surface area contributed by atoms with Crippen LogP contribution in [-0.2, 0) is 10.8 Å². The zero-order valence-corrected chi connectivity index (χ0v) is 10.4. The molecule has 0 amide bonds. The van der Waals surface area contributed by atoms with Crippen LogP contribution in [0.3, 0.4) is 0 Å². The average Bonchev–Trinajstić information content (AvgIpc) is 2.41. The molecular weight excluding hydrogens is 182 g/mol. The second-order valence-corrected chi connectivity index (χ2v) is 6.25. The van der Waals surface area contributed by atoms with Gasteiger partial charge in [0.2, 0.25) is 0 Å². The Bertz CT molecular complexity index is 383. The molecule has 1 aliphatic heterocycles. The Labute approximate surface area is 92.9 Å². The highest BCUT2D eigenvalue weighted by molar-refractivity contribution is 5.61. The largest absolute Gasteiger partial charge is 0.384 e. The summed E-state index contributed by atoms with van der Waals surface area (Å²) in [5, 5.41) is 3.50. The molecule has 0 unspecified atom stereocenters. The minimum Gasteiger partial charge on any atom is -0.384 e. The fourth-order valence-corrected chi connectivity index (χ4v) is 2.16. The molecule has 0 aliphatic carbocycles. The van der Waals surface area contributed by atoms with Crippen LogP contribution in [0, 0.1) is 0 Å². The van der Waals surface area contributed by atoms with Crippen LogP contribution in [0.4, 0.5) is 5.69 Å². The van der Waals surface area contributed by atoms with Crippen LogP contribution in [-0.4, -0.2) is 6.54 Å². The number of hydrogen-bond acceptors (Lipinski definition) is 1. The number of fused-ring (bicyclic) bond motifs is 1. The first-order valence-electron chi connectivity index (χ1n) is 5.70. The molecule has 1 aromatic rings. The molecule has 0 atom stereocenters. The molecule has 1 heterocycles. The lowest BCUT2D eigenvalue weighted by Crippen LogP contribution is -2.18. The van der Waals surface area contributed by atoms with E-state index >= 15 is 0 Å². The summed E-state index contributed by atoms with van der Waals surface area (Å²) < 4.78 is 0.